The summed E-state index contributed by atoms with van der Waals surface area (Å²) in [5.41, 5.74) is 6.28. The highest BCUT2D eigenvalue weighted by Crippen LogP contribution is 2.12. The van der Waals surface area contributed by atoms with Crippen molar-refractivity contribution in [1.82, 2.24) is 5.32 Å². The first kappa shape index (κ1) is 14.7. The fourth-order valence-electron chi connectivity index (χ4n) is 1.98. The van der Waals surface area contributed by atoms with E-state index in [2.05, 4.69) is 5.32 Å². The maximum atomic E-state index is 11.7. The Morgan fingerprint density at radius 1 is 1.35 bits per heavy atom. The van der Waals surface area contributed by atoms with Crippen molar-refractivity contribution >= 4 is 23.1 Å². The molecule has 1 aromatic carbocycles. The normalized spacial score (nSPS) is 15.6. The van der Waals surface area contributed by atoms with E-state index in [0.717, 1.165) is 18.4 Å². The molecule has 1 aliphatic rings. The number of thiocarbonyl (C=S) groups is 1. The van der Waals surface area contributed by atoms with Gasteiger partial charge in [-0.05, 0) is 37.1 Å². The van der Waals surface area contributed by atoms with Crippen molar-refractivity contribution in [2.45, 2.75) is 18.9 Å². The lowest BCUT2D eigenvalue weighted by molar-refractivity contribution is -0.124. The van der Waals surface area contributed by atoms with Crippen LogP contribution in [0.3, 0.4) is 0 Å². The molecule has 0 radical (unpaired) electrons. The molecular formula is C14H18N2O3S. The first-order chi connectivity index (χ1) is 9.65. The maximum absolute atomic E-state index is 11.7. The van der Waals surface area contributed by atoms with Gasteiger partial charge in [0.2, 0.25) is 0 Å². The van der Waals surface area contributed by atoms with Gasteiger partial charge in [-0.1, -0.05) is 12.2 Å². The van der Waals surface area contributed by atoms with E-state index in [0.29, 0.717) is 24.0 Å². The predicted molar refractivity (Wildman–Crippen MR) is 79.8 cm³/mol. The highest BCUT2D eigenvalue weighted by molar-refractivity contribution is 7.80. The lowest BCUT2D eigenvalue weighted by Crippen LogP contribution is -2.41. The zero-order valence-electron chi connectivity index (χ0n) is 11.1. The molecule has 0 unspecified atom stereocenters. The van der Waals surface area contributed by atoms with Gasteiger partial charge < -0.3 is 20.5 Å². The minimum absolute atomic E-state index is 0.00375. The lowest BCUT2D eigenvalue weighted by atomic mass is 10.1. The van der Waals surface area contributed by atoms with E-state index in [1.165, 1.54) is 0 Å². The molecule has 20 heavy (non-hydrogen) atoms. The summed E-state index contributed by atoms with van der Waals surface area (Å²) in [5, 5.41) is 2.93. The van der Waals surface area contributed by atoms with Crippen LogP contribution < -0.4 is 15.8 Å². The van der Waals surface area contributed by atoms with Crippen molar-refractivity contribution < 1.29 is 14.3 Å². The Bertz CT molecular complexity index is 470. The summed E-state index contributed by atoms with van der Waals surface area (Å²) in [6.07, 6.45) is 1.71. The van der Waals surface area contributed by atoms with E-state index in [9.17, 15) is 4.79 Å². The molecule has 0 spiro atoms. The summed E-state index contributed by atoms with van der Waals surface area (Å²) in [6.45, 7) is 1.41. The smallest absolute Gasteiger partial charge is 0.258 e. The first-order valence-corrected chi connectivity index (χ1v) is 6.96. The molecule has 5 nitrogen and oxygen atoms in total. The Balaban J connectivity index is 1.76. The second kappa shape index (κ2) is 7.21. The molecule has 1 saturated heterocycles. The summed E-state index contributed by atoms with van der Waals surface area (Å²) in [7, 11) is 0. The van der Waals surface area contributed by atoms with Crippen LogP contribution in [0.25, 0.3) is 0 Å². The molecule has 1 fully saturated rings. The third-order valence-electron chi connectivity index (χ3n) is 3.10. The number of hydrogen-bond acceptors (Lipinski definition) is 4. The monoisotopic (exact) mass is 294 g/mol. The summed E-state index contributed by atoms with van der Waals surface area (Å²) in [5.74, 6) is 0.502. The molecule has 1 aliphatic heterocycles. The zero-order valence-corrected chi connectivity index (χ0v) is 11.9. The molecule has 0 bridgehead atoms. The molecule has 0 atom stereocenters. The van der Waals surface area contributed by atoms with Crippen LogP contribution in [-0.4, -0.2) is 36.8 Å². The summed E-state index contributed by atoms with van der Waals surface area (Å²) in [4.78, 5) is 12.1. The second-order valence-corrected chi connectivity index (χ2v) is 5.07. The van der Waals surface area contributed by atoms with Crippen LogP contribution >= 0.6 is 12.2 Å². The van der Waals surface area contributed by atoms with E-state index >= 15 is 0 Å². The fraction of sp³-hybridized carbons (Fsp3) is 0.429. The van der Waals surface area contributed by atoms with Crippen molar-refractivity contribution in [3.8, 4) is 5.75 Å². The number of benzene rings is 1. The average Bonchev–Trinajstić information content (AvgIpc) is 2.46. The van der Waals surface area contributed by atoms with Gasteiger partial charge in [0.15, 0.2) is 6.61 Å². The first-order valence-electron chi connectivity index (χ1n) is 6.55. The molecule has 1 amide bonds. The van der Waals surface area contributed by atoms with Crippen molar-refractivity contribution in [3.05, 3.63) is 29.8 Å². The molecule has 108 valence electrons. The minimum Gasteiger partial charge on any atom is -0.484 e. The highest BCUT2D eigenvalue weighted by atomic mass is 32.1. The number of ether oxygens (including phenoxy) is 2. The molecule has 2 rings (SSSR count). The Morgan fingerprint density at radius 2 is 2.00 bits per heavy atom. The van der Waals surface area contributed by atoms with Crippen LogP contribution in [0, 0.1) is 0 Å². The van der Waals surface area contributed by atoms with E-state index < -0.39 is 0 Å². The van der Waals surface area contributed by atoms with Gasteiger partial charge in [-0.3, -0.25) is 4.79 Å². The van der Waals surface area contributed by atoms with E-state index in [1.54, 1.807) is 24.3 Å². The van der Waals surface area contributed by atoms with Gasteiger partial charge in [0.05, 0.1) is 0 Å². The third-order valence-corrected chi connectivity index (χ3v) is 3.33. The molecule has 0 saturated carbocycles. The van der Waals surface area contributed by atoms with Crippen molar-refractivity contribution in [1.29, 1.82) is 0 Å². The Hall–Kier alpha value is -1.66. The van der Waals surface area contributed by atoms with Crippen LogP contribution in [0.5, 0.6) is 5.75 Å². The molecule has 1 aromatic rings. The number of carbonyl (C=O) groups excluding carboxylic acids is 1. The van der Waals surface area contributed by atoms with Crippen LogP contribution in [0.1, 0.15) is 18.4 Å². The Kier molecular flexibility index (Phi) is 5.31. The van der Waals surface area contributed by atoms with E-state index in [-0.39, 0.29) is 18.6 Å². The average molecular weight is 294 g/mol. The molecule has 1 heterocycles. The van der Waals surface area contributed by atoms with Gasteiger partial charge >= 0.3 is 0 Å². The quantitative estimate of drug-likeness (QED) is 0.792. The molecule has 0 aromatic heterocycles. The van der Waals surface area contributed by atoms with E-state index in [4.69, 9.17) is 27.4 Å². The van der Waals surface area contributed by atoms with Gasteiger partial charge in [0, 0.05) is 24.8 Å². The lowest BCUT2D eigenvalue weighted by Gasteiger charge is -2.23. The largest absolute Gasteiger partial charge is 0.484 e. The fourth-order valence-corrected chi connectivity index (χ4v) is 2.11. The van der Waals surface area contributed by atoms with Gasteiger partial charge in [-0.2, -0.15) is 0 Å². The number of rotatable bonds is 5. The molecule has 0 aliphatic carbocycles. The highest BCUT2D eigenvalue weighted by Gasteiger charge is 2.16. The number of nitrogens with one attached hydrogen (secondary N) is 1. The Morgan fingerprint density at radius 3 is 2.60 bits per heavy atom. The predicted octanol–water partition coefficient (Wildman–Crippen LogP) is 0.995. The minimum atomic E-state index is -0.115. The number of amides is 1. The van der Waals surface area contributed by atoms with Gasteiger partial charge in [-0.15, -0.1) is 0 Å². The SMILES string of the molecule is NC(=S)c1ccc(OCC(=O)NC2CCOCC2)cc1. The second-order valence-electron chi connectivity index (χ2n) is 4.63. The van der Waals surface area contributed by atoms with Crippen LogP contribution in [0.4, 0.5) is 0 Å². The number of nitrogens with two attached hydrogens (primary N) is 1. The van der Waals surface area contributed by atoms with Crippen molar-refractivity contribution in [3.63, 3.8) is 0 Å². The van der Waals surface area contributed by atoms with Gasteiger partial charge in [0.1, 0.15) is 10.7 Å². The van der Waals surface area contributed by atoms with Crippen molar-refractivity contribution in [2.75, 3.05) is 19.8 Å². The topological polar surface area (TPSA) is 73.6 Å². The van der Waals surface area contributed by atoms with Crippen LogP contribution in [0.2, 0.25) is 0 Å². The molecule has 3 N–H and O–H groups in total. The maximum Gasteiger partial charge on any atom is 0.258 e. The summed E-state index contributed by atoms with van der Waals surface area (Å²) in [6, 6.07) is 7.23. The van der Waals surface area contributed by atoms with Gasteiger partial charge in [-0.25, -0.2) is 0 Å². The zero-order chi connectivity index (χ0) is 14.4. The third kappa shape index (κ3) is 4.47. The Labute approximate surface area is 123 Å². The van der Waals surface area contributed by atoms with E-state index in [1.807, 2.05) is 0 Å². The number of carbonyl (C=O) groups is 1. The summed E-state index contributed by atoms with van der Waals surface area (Å²) >= 11 is 4.87. The number of hydrogen-bond donors (Lipinski definition) is 2. The van der Waals surface area contributed by atoms with Crippen LogP contribution in [0.15, 0.2) is 24.3 Å². The molecular weight excluding hydrogens is 276 g/mol. The van der Waals surface area contributed by atoms with Gasteiger partial charge in [0.25, 0.3) is 5.91 Å². The van der Waals surface area contributed by atoms with Crippen LogP contribution in [-0.2, 0) is 9.53 Å². The standard InChI is InChI=1S/C14H18N2O3S/c15-14(20)10-1-3-12(4-2-10)19-9-13(17)16-11-5-7-18-8-6-11/h1-4,11H,5-9H2,(H2,15,20)(H,16,17). The summed E-state index contributed by atoms with van der Waals surface area (Å²) < 4.78 is 10.7. The van der Waals surface area contributed by atoms with Crippen molar-refractivity contribution in [2.24, 2.45) is 5.73 Å². The molecule has 6 heteroatoms.